The first-order chi connectivity index (χ1) is 12.0. The molecule has 0 aromatic heterocycles. The predicted molar refractivity (Wildman–Crippen MR) is 105 cm³/mol. The third-order valence-electron chi connectivity index (χ3n) is 4.86. The van der Waals surface area contributed by atoms with E-state index in [1.54, 1.807) is 6.08 Å². The molecule has 1 amide bonds. The van der Waals surface area contributed by atoms with Gasteiger partial charge in [0.1, 0.15) is 0 Å². The number of rotatable bonds is 3. The number of carbonyl (C=O) groups is 1. The van der Waals surface area contributed by atoms with E-state index in [-0.39, 0.29) is 5.91 Å². The van der Waals surface area contributed by atoms with Gasteiger partial charge < -0.3 is 15.5 Å². The highest BCUT2D eigenvalue weighted by molar-refractivity contribution is 5.92. The van der Waals surface area contributed by atoms with E-state index in [1.165, 1.54) is 16.8 Å². The van der Waals surface area contributed by atoms with Crippen LogP contribution >= 0.6 is 0 Å². The Balaban J connectivity index is 1.59. The van der Waals surface area contributed by atoms with Crippen LogP contribution in [0.5, 0.6) is 0 Å². The lowest BCUT2D eigenvalue weighted by Crippen LogP contribution is -2.48. The number of amides is 1. The van der Waals surface area contributed by atoms with Gasteiger partial charge in [-0.3, -0.25) is 4.79 Å². The fourth-order valence-corrected chi connectivity index (χ4v) is 3.13. The van der Waals surface area contributed by atoms with Gasteiger partial charge in [-0.2, -0.15) is 0 Å². The molecule has 2 aromatic carbocycles. The second kappa shape index (κ2) is 7.43. The summed E-state index contributed by atoms with van der Waals surface area (Å²) in [5.74, 6) is 0.0671. The van der Waals surface area contributed by atoms with Gasteiger partial charge in [0.2, 0.25) is 5.91 Å². The molecule has 1 saturated heterocycles. The Morgan fingerprint density at radius 1 is 1.00 bits per heavy atom. The van der Waals surface area contributed by atoms with E-state index in [2.05, 4.69) is 36.9 Å². The van der Waals surface area contributed by atoms with Gasteiger partial charge in [0.15, 0.2) is 0 Å². The van der Waals surface area contributed by atoms with Crippen molar-refractivity contribution < 1.29 is 4.79 Å². The van der Waals surface area contributed by atoms with Gasteiger partial charge >= 0.3 is 0 Å². The molecular weight excluding hydrogens is 310 g/mol. The second-order valence-corrected chi connectivity index (χ2v) is 6.53. The average molecular weight is 335 g/mol. The topological polar surface area (TPSA) is 49.6 Å². The van der Waals surface area contributed by atoms with Gasteiger partial charge in [0.25, 0.3) is 0 Å². The molecule has 0 spiro atoms. The Morgan fingerprint density at radius 3 is 2.36 bits per heavy atom. The Bertz CT molecular complexity index is 772. The van der Waals surface area contributed by atoms with Crippen LogP contribution in [0.4, 0.5) is 11.4 Å². The standard InChI is InChI=1S/C21H25N3O/c1-16-4-3-5-20(17(16)2)23-12-14-24(15-13-23)21(25)11-8-18-6-9-19(22)10-7-18/h3-11H,12-15,22H2,1-2H3/b11-8+. The Hall–Kier alpha value is -2.75. The zero-order chi connectivity index (χ0) is 17.8. The Morgan fingerprint density at radius 2 is 1.68 bits per heavy atom. The van der Waals surface area contributed by atoms with Gasteiger partial charge in [-0.15, -0.1) is 0 Å². The van der Waals surface area contributed by atoms with Crippen molar-refractivity contribution in [1.82, 2.24) is 4.90 Å². The van der Waals surface area contributed by atoms with E-state index in [9.17, 15) is 4.79 Å². The molecule has 0 saturated carbocycles. The number of hydrogen-bond donors (Lipinski definition) is 1. The fourth-order valence-electron chi connectivity index (χ4n) is 3.13. The Kier molecular flexibility index (Phi) is 5.08. The van der Waals surface area contributed by atoms with Crippen molar-refractivity contribution >= 4 is 23.4 Å². The van der Waals surface area contributed by atoms with Gasteiger partial charge in [-0.1, -0.05) is 24.3 Å². The number of aryl methyl sites for hydroxylation is 1. The van der Waals surface area contributed by atoms with Crippen molar-refractivity contribution in [3.63, 3.8) is 0 Å². The quantitative estimate of drug-likeness (QED) is 0.692. The van der Waals surface area contributed by atoms with Crippen LogP contribution in [0.25, 0.3) is 6.08 Å². The van der Waals surface area contributed by atoms with Crippen LogP contribution in [-0.4, -0.2) is 37.0 Å². The van der Waals surface area contributed by atoms with Crippen molar-refractivity contribution in [1.29, 1.82) is 0 Å². The molecule has 1 aliphatic rings. The first-order valence-corrected chi connectivity index (χ1v) is 8.68. The third kappa shape index (κ3) is 4.02. The number of anilines is 2. The molecule has 0 radical (unpaired) electrons. The molecule has 2 N–H and O–H groups in total. The molecule has 0 unspecified atom stereocenters. The minimum absolute atomic E-state index is 0.0671. The monoisotopic (exact) mass is 335 g/mol. The number of piperazine rings is 1. The smallest absolute Gasteiger partial charge is 0.246 e. The van der Waals surface area contributed by atoms with Crippen LogP contribution in [0.2, 0.25) is 0 Å². The summed E-state index contributed by atoms with van der Waals surface area (Å²) < 4.78 is 0. The highest BCUT2D eigenvalue weighted by Gasteiger charge is 2.20. The zero-order valence-corrected chi connectivity index (χ0v) is 14.9. The summed E-state index contributed by atoms with van der Waals surface area (Å²) in [5, 5.41) is 0. The molecule has 0 atom stereocenters. The molecular formula is C21H25N3O. The summed E-state index contributed by atoms with van der Waals surface area (Å²) in [5.41, 5.74) is 11.3. The van der Waals surface area contributed by atoms with Gasteiger partial charge in [0.05, 0.1) is 0 Å². The van der Waals surface area contributed by atoms with E-state index in [0.717, 1.165) is 37.4 Å². The largest absolute Gasteiger partial charge is 0.399 e. The number of carbonyl (C=O) groups excluding carboxylic acids is 1. The molecule has 4 heteroatoms. The van der Waals surface area contributed by atoms with E-state index in [4.69, 9.17) is 5.73 Å². The maximum atomic E-state index is 12.4. The minimum atomic E-state index is 0.0671. The van der Waals surface area contributed by atoms with E-state index in [1.807, 2.05) is 35.2 Å². The number of nitrogens with zero attached hydrogens (tertiary/aromatic N) is 2. The molecule has 0 bridgehead atoms. The third-order valence-corrected chi connectivity index (χ3v) is 4.86. The average Bonchev–Trinajstić information content (AvgIpc) is 2.63. The van der Waals surface area contributed by atoms with Crippen LogP contribution < -0.4 is 10.6 Å². The summed E-state index contributed by atoms with van der Waals surface area (Å²) in [6.07, 6.45) is 3.50. The van der Waals surface area contributed by atoms with Gasteiger partial charge in [-0.05, 0) is 54.8 Å². The van der Waals surface area contributed by atoms with Crippen molar-refractivity contribution in [2.45, 2.75) is 13.8 Å². The summed E-state index contributed by atoms with van der Waals surface area (Å²) in [7, 11) is 0. The second-order valence-electron chi connectivity index (χ2n) is 6.53. The summed E-state index contributed by atoms with van der Waals surface area (Å²) in [4.78, 5) is 16.7. The molecule has 3 rings (SSSR count). The highest BCUT2D eigenvalue weighted by Crippen LogP contribution is 2.23. The molecule has 130 valence electrons. The van der Waals surface area contributed by atoms with Crippen LogP contribution in [0, 0.1) is 13.8 Å². The summed E-state index contributed by atoms with van der Waals surface area (Å²) in [6.45, 7) is 7.53. The first kappa shape index (κ1) is 17.1. The highest BCUT2D eigenvalue weighted by atomic mass is 16.2. The number of nitrogen functional groups attached to an aromatic ring is 1. The fraction of sp³-hybridized carbons (Fsp3) is 0.286. The molecule has 4 nitrogen and oxygen atoms in total. The molecule has 1 heterocycles. The van der Waals surface area contributed by atoms with Gasteiger partial charge in [-0.25, -0.2) is 0 Å². The Labute approximate surface area is 149 Å². The summed E-state index contributed by atoms with van der Waals surface area (Å²) in [6, 6.07) is 13.9. The van der Waals surface area contributed by atoms with Crippen molar-refractivity contribution in [2.24, 2.45) is 0 Å². The lowest BCUT2D eigenvalue weighted by molar-refractivity contribution is -0.126. The molecule has 2 aromatic rings. The number of benzene rings is 2. The zero-order valence-electron chi connectivity index (χ0n) is 14.9. The van der Waals surface area contributed by atoms with Crippen LogP contribution in [0.1, 0.15) is 16.7 Å². The maximum absolute atomic E-state index is 12.4. The molecule has 1 fully saturated rings. The maximum Gasteiger partial charge on any atom is 0.246 e. The predicted octanol–water partition coefficient (Wildman–Crippen LogP) is 3.25. The molecule has 25 heavy (non-hydrogen) atoms. The van der Waals surface area contributed by atoms with Crippen LogP contribution in [0.15, 0.2) is 48.5 Å². The normalized spacial score (nSPS) is 15.0. The lowest BCUT2D eigenvalue weighted by atomic mass is 10.1. The van der Waals surface area contributed by atoms with Crippen molar-refractivity contribution in [3.05, 3.63) is 65.2 Å². The summed E-state index contributed by atoms with van der Waals surface area (Å²) >= 11 is 0. The van der Waals surface area contributed by atoms with Crippen LogP contribution in [-0.2, 0) is 4.79 Å². The van der Waals surface area contributed by atoms with Gasteiger partial charge in [0, 0.05) is 43.6 Å². The van der Waals surface area contributed by atoms with Crippen LogP contribution in [0.3, 0.4) is 0 Å². The number of hydrogen-bond acceptors (Lipinski definition) is 3. The SMILES string of the molecule is Cc1cccc(N2CCN(C(=O)/C=C/c3ccc(N)cc3)CC2)c1C. The van der Waals surface area contributed by atoms with Crippen molar-refractivity contribution in [3.8, 4) is 0 Å². The first-order valence-electron chi connectivity index (χ1n) is 8.68. The lowest BCUT2D eigenvalue weighted by Gasteiger charge is -2.36. The van der Waals surface area contributed by atoms with E-state index >= 15 is 0 Å². The van der Waals surface area contributed by atoms with E-state index in [0.29, 0.717) is 0 Å². The molecule has 0 aliphatic carbocycles. The van der Waals surface area contributed by atoms with Crippen molar-refractivity contribution in [2.75, 3.05) is 36.8 Å². The number of nitrogens with two attached hydrogens (primary N) is 1. The van der Waals surface area contributed by atoms with E-state index < -0.39 is 0 Å². The molecule has 1 aliphatic heterocycles. The minimum Gasteiger partial charge on any atom is -0.399 e.